The number of hydrogen-bond acceptors (Lipinski definition) is 1. The monoisotopic (exact) mass is 68.1 g/mol. The van der Waals surface area contributed by atoms with E-state index < -0.39 is 0 Å². The Balaban J connectivity index is 2.51. The van der Waals surface area contributed by atoms with E-state index in [1.165, 1.54) is 0 Å². The van der Waals surface area contributed by atoms with Crippen LogP contribution in [0.5, 0.6) is 0 Å². The molecule has 0 unspecified atom stereocenters. The maximum atomic E-state index is 5.18. The molecule has 0 spiro atoms. The Kier molecular flexibility index (Phi) is 0.411. The molecular weight excluding hydrogens is 62.1 g/mol. The van der Waals surface area contributed by atoms with Gasteiger partial charge in [0.2, 0.25) is 0 Å². The van der Waals surface area contributed by atoms with Gasteiger partial charge in [0, 0.05) is 5.70 Å². The SMILES string of the molecule is NC1=[C]CC1. The molecule has 5 heavy (non-hydrogen) atoms. The second-order valence-corrected chi connectivity index (χ2v) is 1.20. The first-order valence-electron chi connectivity index (χ1n) is 1.75. The summed E-state index contributed by atoms with van der Waals surface area (Å²) in [6.07, 6.45) is 5.05. The summed E-state index contributed by atoms with van der Waals surface area (Å²) in [7, 11) is 0. The van der Waals surface area contributed by atoms with Crippen LogP contribution in [0.1, 0.15) is 12.8 Å². The third-order valence-corrected chi connectivity index (χ3v) is 0.746. The average Bonchev–Trinajstić information content (AvgIpc) is 1.30. The van der Waals surface area contributed by atoms with E-state index in [1.807, 2.05) is 0 Å². The third kappa shape index (κ3) is 0.274. The molecule has 1 heteroatoms. The minimum atomic E-state index is 0.935. The van der Waals surface area contributed by atoms with E-state index in [9.17, 15) is 0 Å². The molecule has 1 radical (unpaired) electrons. The average molecular weight is 68.1 g/mol. The first kappa shape index (κ1) is 2.76. The van der Waals surface area contributed by atoms with Gasteiger partial charge in [0.05, 0.1) is 0 Å². The fourth-order valence-corrected chi connectivity index (χ4v) is 0.269. The molecular formula is C4H6N. The van der Waals surface area contributed by atoms with E-state index in [0.29, 0.717) is 0 Å². The van der Waals surface area contributed by atoms with Crippen molar-refractivity contribution in [2.75, 3.05) is 0 Å². The van der Waals surface area contributed by atoms with Gasteiger partial charge in [-0.2, -0.15) is 0 Å². The Bertz CT molecular complexity index is 64.0. The first-order valence-corrected chi connectivity index (χ1v) is 1.75. The second-order valence-electron chi connectivity index (χ2n) is 1.20. The van der Waals surface area contributed by atoms with Gasteiger partial charge in [-0.1, -0.05) is 0 Å². The van der Waals surface area contributed by atoms with Crippen molar-refractivity contribution in [1.29, 1.82) is 0 Å². The number of nitrogens with two attached hydrogens (primary N) is 1. The van der Waals surface area contributed by atoms with Crippen LogP contribution in [-0.4, -0.2) is 0 Å². The molecule has 1 aliphatic rings. The van der Waals surface area contributed by atoms with Crippen LogP contribution in [0.15, 0.2) is 5.70 Å². The molecule has 0 aromatic rings. The Labute approximate surface area is 31.5 Å². The van der Waals surface area contributed by atoms with Crippen LogP contribution < -0.4 is 5.73 Å². The van der Waals surface area contributed by atoms with Gasteiger partial charge in [0.15, 0.2) is 0 Å². The van der Waals surface area contributed by atoms with Gasteiger partial charge in [-0.15, -0.1) is 0 Å². The van der Waals surface area contributed by atoms with Crippen molar-refractivity contribution in [3.8, 4) is 0 Å². The summed E-state index contributed by atoms with van der Waals surface area (Å²) in [6.45, 7) is 0. The molecule has 0 atom stereocenters. The predicted octanol–water partition coefficient (Wildman–Crippen LogP) is 0.426. The van der Waals surface area contributed by atoms with Gasteiger partial charge >= 0.3 is 0 Å². The highest BCUT2D eigenvalue weighted by atomic mass is 14.6. The standard InChI is InChI=1S/C4H6N/c5-4-2-1-3-4/h1-2,5H2. The molecule has 1 nitrogen and oxygen atoms in total. The van der Waals surface area contributed by atoms with Crippen LogP contribution in [0.2, 0.25) is 0 Å². The summed E-state index contributed by atoms with van der Waals surface area (Å²) in [5, 5.41) is 0. The van der Waals surface area contributed by atoms with Gasteiger partial charge in [0.25, 0.3) is 0 Å². The molecule has 0 amide bonds. The van der Waals surface area contributed by atoms with Crippen molar-refractivity contribution in [3.63, 3.8) is 0 Å². The summed E-state index contributed by atoms with van der Waals surface area (Å²) < 4.78 is 0. The van der Waals surface area contributed by atoms with Crippen molar-refractivity contribution in [1.82, 2.24) is 0 Å². The van der Waals surface area contributed by atoms with Crippen molar-refractivity contribution >= 4 is 0 Å². The van der Waals surface area contributed by atoms with E-state index in [4.69, 9.17) is 5.73 Å². The van der Waals surface area contributed by atoms with Crippen LogP contribution in [0.3, 0.4) is 0 Å². The lowest BCUT2D eigenvalue weighted by Gasteiger charge is -2.04. The van der Waals surface area contributed by atoms with Crippen LogP contribution in [0, 0.1) is 6.08 Å². The summed E-state index contributed by atoms with van der Waals surface area (Å²) in [4.78, 5) is 0. The summed E-state index contributed by atoms with van der Waals surface area (Å²) in [5.41, 5.74) is 6.12. The molecule has 0 saturated heterocycles. The molecule has 0 heterocycles. The van der Waals surface area contributed by atoms with Crippen molar-refractivity contribution in [2.24, 2.45) is 5.73 Å². The summed E-state index contributed by atoms with van der Waals surface area (Å²) >= 11 is 0. The van der Waals surface area contributed by atoms with E-state index in [0.717, 1.165) is 18.5 Å². The summed E-state index contributed by atoms with van der Waals surface area (Å²) in [6, 6.07) is 0. The normalized spacial score (nSPS) is 20.4. The molecule has 0 bridgehead atoms. The lowest BCUT2D eigenvalue weighted by molar-refractivity contribution is 0.828. The van der Waals surface area contributed by atoms with Crippen molar-refractivity contribution in [2.45, 2.75) is 12.8 Å². The zero-order valence-electron chi connectivity index (χ0n) is 2.99. The minimum absolute atomic E-state index is 0.935. The molecule has 0 aromatic heterocycles. The van der Waals surface area contributed by atoms with Crippen LogP contribution >= 0.6 is 0 Å². The molecule has 0 aliphatic heterocycles. The topological polar surface area (TPSA) is 26.0 Å². The second kappa shape index (κ2) is 0.744. The number of allylic oxidation sites excluding steroid dienone is 2. The highest BCUT2D eigenvalue weighted by Crippen LogP contribution is 2.08. The van der Waals surface area contributed by atoms with Gasteiger partial charge in [-0.05, 0) is 18.9 Å². The maximum Gasteiger partial charge on any atom is 0.0120 e. The molecule has 0 fully saturated rings. The van der Waals surface area contributed by atoms with Crippen LogP contribution in [0.4, 0.5) is 0 Å². The minimum Gasteiger partial charge on any atom is -0.402 e. The molecule has 1 aliphatic carbocycles. The Morgan fingerprint density at radius 1 is 1.80 bits per heavy atom. The molecule has 27 valence electrons. The lowest BCUT2D eigenvalue weighted by Crippen LogP contribution is -2.03. The number of hydrogen-bond donors (Lipinski definition) is 1. The Hall–Kier alpha value is -0.460. The van der Waals surface area contributed by atoms with E-state index in [-0.39, 0.29) is 0 Å². The smallest absolute Gasteiger partial charge is 0.0120 e. The molecule has 0 aromatic carbocycles. The highest BCUT2D eigenvalue weighted by molar-refractivity contribution is 5.00. The van der Waals surface area contributed by atoms with Crippen LogP contribution in [-0.2, 0) is 0 Å². The maximum absolute atomic E-state index is 5.18. The van der Waals surface area contributed by atoms with E-state index in [1.54, 1.807) is 0 Å². The fraction of sp³-hybridized carbons (Fsp3) is 0.500. The fourth-order valence-electron chi connectivity index (χ4n) is 0.269. The third-order valence-electron chi connectivity index (χ3n) is 0.746. The molecule has 2 N–H and O–H groups in total. The zero-order valence-corrected chi connectivity index (χ0v) is 2.99. The number of rotatable bonds is 0. The molecule has 1 rings (SSSR count). The predicted molar refractivity (Wildman–Crippen MR) is 20.2 cm³/mol. The van der Waals surface area contributed by atoms with Gasteiger partial charge in [-0.25, -0.2) is 0 Å². The molecule has 0 saturated carbocycles. The quantitative estimate of drug-likeness (QED) is 0.437. The highest BCUT2D eigenvalue weighted by Gasteiger charge is 1.96. The Morgan fingerprint density at radius 2 is 2.20 bits per heavy atom. The van der Waals surface area contributed by atoms with Crippen molar-refractivity contribution in [3.05, 3.63) is 11.8 Å². The van der Waals surface area contributed by atoms with Crippen LogP contribution in [0.25, 0.3) is 0 Å². The largest absolute Gasteiger partial charge is 0.402 e. The van der Waals surface area contributed by atoms with Gasteiger partial charge in [0.1, 0.15) is 0 Å². The zero-order chi connectivity index (χ0) is 3.70. The van der Waals surface area contributed by atoms with Crippen molar-refractivity contribution < 1.29 is 0 Å². The summed E-state index contributed by atoms with van der Waals surface area (Å²) in [5.74, 6) is 0. The lowest BCUT2D eigenvalue weighted by atomic mass is 10.1. The Morgan fingerprint density at radius 3 is 2.20 bits per heavy atom. The van der Waals surface area contributed by atoms with Gasteiger partial charge in [-0.3, -0.25) is 0 Å². The van der Waals surface area contributed by atoms with E-state index >= 15 is 0 Å². The first-order chi connectivity index (χ1) is 2.39. The van der Waals surface area contributed by atoms with Gasteiger partial charge < -0.3 is 5.73 Å². The van der Waals surface area contributed by atoms with E-state index in [2.05, 4.69) is 6.08 Å².